The third kappa shape index (κ3) is 7.04. The molecular formula is C35H61N5O3. The third-order valence-corrected chi connectivity index (χ3v) is 12.5. The molecule has 2 amide bonds. The molecule has 6 rings (SSSR count). The number of carbonyl (C=O) groups is 2. The fourth-order valence-electron chi connectivity index (χ4n) is 10.7. The van der Waals surface area contributed by atoms with Crippen molar-refractivity contribution in [2.75, 3.05) is 6.54 Å². The molecule has 7 atom stereocenters. The number of nitrogens with one attached hydrogen (secondary N) is 2. The monoisotopic (exact) mass is 599 g/mol. The van der Waals surface area contributed by atoms with Crippen LogP contribution in [0.1, 0.15) is 143 Å². The van der Waals surface area contributed by atoms with Crippen molar-refractivity contribution in [3.05, 3.63) is 0 Å². The number of primary amides is 1. The molecule has 0 aromatic rings. The van der Waals surface area contributed by atoms with Crippen LogP contribution in [0, 0.1) is 34.5 Å². The second kappa shape index (κ2) is 13.3. The quantitative estimate of drug-likeness (QED) is 0.208. The van der Waals surface area contributed by atoms with E-state index in [1.165, 1.54) is 83.5 Å². The largest absolute Gasteiger partial charge is 0.444 e. The molecule has 5 saturated carbocycles. The Labute approximate surface area is 260 Å². The van der Waals surface area contributed by atoms with Crippen LogP contribution in [0.3, 0.4) is 0 Å². The van der Waals surface area contributed by atoms with Crippen molar-refractivity contribution in [1.29, 1.82) is 5.41 Å². The molecular weight excluding hydrogens is 538 g/mol. The summed E-state index contributed by atoms with van der Waals surface area (Å²) in [6, 6.07) is 0.226. The fraction of sp³-hybridized carbons (Fsp3) is 0.914. The van der Waals surface area contributed by atoms with E-state index in [2.05, 4.69) is 10.2 Å². The van der Waals surface area contributed by atoms with E-state index in [-0.39, 0.29) is 34.9 Å². The summed E-state index contributed by atoms with van der Waals surface area (Å²) in [7, 11) is 0. The molecule has 7 unspecified atom stereocenters. The molecule has 6 N–H and O–H groups in total. The number of alkyl carbamates (subject to hydrolysis) is 1. The zero-order chi connectivity index (χ0) is 30.8. The van der Waals surface area contributed by atoms with Gasteiger partial charge >= 0.3 is 6.09 Å². The molecule has 1 saturated heterocycles. The van der Waals surface area contributed by atoms with Crippen molar-refractivity contribution in [2.45, 2.75) is 166 Å². The zero-order valence-electron chi connectivity index (χ0n) is 27.4. The van der Waals surface area contributed by atoms with Gasteiger partial charge in [0, 0.05) is 24.0 Å². The number of nitrogens with zero attached hydrogens (tertiary/aromatic N) is 1. The Morgan fingerprint density at radius 3 is 2.26 bits per heavy atom. The van der Waals surface area contributed by atoms with Crippen LogP contribution in [0.25, 0.3) is 0 Å². The van der Waals surface area contributed by atoms with Gasteiger partial charge in [-0.1, -0.05) is 57.8 Å². The van der Waals surface area contributed by atoms with Gasteiger partial charge in [-0.15, -0.1) is 0 Å². The Hall–Kier alpha value is -1.83. The van der Waals surface area contributed by atoms with Crippen LogP contribution in [-0.4, -0.2) is 52.5 Å². The molecule has 1 heterocycles. The molecule has 5 aliphatic carbocycles. The van der Waals surface area contributed by atoms with E-state index in [0.717, 1.165) is 62.8 Å². The second-order valence-electron chi connectivity index (χ2n) is 16.2. The Kier molecular flexibility index (Phi) is 10.0. The summed E-state index contributed by atoms with van der Waals surface area (Å²) in [4.78, 5) is 26.7. The summed E-state index contributed by atoms with van der Waals surface area (Å²) in [5.41, 5.74) is 11.9. The molecule has 6 fully saturated rings. The molecule has 8 nitrogen and oxygen atoms in total. The number of ether oxygens (including phenoxy) is 1. The SMILES string of the molecule is CC(C)(C)OC(=O)NC1CCCCC1.N=C(N)C1CCC23CCCC2(C1)N(CC1CCCC2CCCCC21)C(C(N)=O)C3. The molecule has 0 spiro atoms. The first-order chi connectivity index (χ1) is 20.4. The van der Waals surface area contributed by atoms with E-state index < -0.39 is 5.60 Å². The van der Waals surface area contributed by atoms with Crippen molar-refractivity contribution in [3.8, 4) is 0 Å². The minimum absolute atomic E-state index is 0.0584. The Morgan fingerprint density at radius 1 is 0.860 bits per heavy atom. The van der Waals surface area contributed by atoms with E-state index in [1.54, 1.807) is 0 Å². The first kappa shape index (κ1) is 32.6. The van der Waals surface area contributed by atoms with Crippen LogP contribution in [0.5, 0.6) is 0 Å². The molecule has 0 aromatic heterocycles. The summed E-state index contributed by atoms with van der Waals surface area (Å²) in [5.74, 6) is 2.91. The van der Waals surface area contributed by atoms with E-state index in [0.29, 0.717) is 11.9 Å². The van der Waals surface area contributed by atoms with Gasteiger partial charge in [-0.3, -0.25) is 15.1 Å². The minimum atomic E-state index is -0.390. The number of amidine groups is 1. The number of nitrogens with two attached hydrogens (primary N) is 2. The number of carbonyl (C=O) groups excluding carboxylic acids is 2. The topological polar surface area (TPSA) is 135 Å². The number of likely N-dealkylation sites (tertiary alicyclic amines) is 1. The number of fused-ring (bicyclic) bond motifs is 1. The van der Waals surface area contributed by atoms with Crippen LogP contribution in [-0.2, 0) is 9.53 Å². The number of rotatable bonds is 5. The highest BCUT2D eigenvalue weighted by atomic mass is 16.6. The van der Waals surface area contributed by atoms with Crippen molar-refractivity contribution in [1.82, 2.24) is 10.2 Å². The lowest BCUT2D eigenvalue weighted by molar-refractivity contribution is -0.125. The van der Waals surface area contributed by atoms with Gasteiger partial charge in [0.1, 0.15) is 5.60 Å². The molecule has 43 heavy (non-hydrogen) atoms. The number of hydrogen-bond donors (Lipinski definition) is 4. The van der Waals surface area contributed by atoms with Gasteiger partial charge in [0.25, 0.3) is 0 Å². The van der Waals surface area contributed by atoms with Gasteiger partial charge in [-0.05, 0) is 108 Å². The molecule has 8 heteroatoms. The highest BCUT2D eigenvalue weighted by Gasteiger charge is 2.67. The Morgan fingerprint density at radius 2 is 1.56 bits per heavy atom. The van der Waals surface area contributed by atoms with E-state index in [9.17, 15) is 9.59 Å². The number of hydrogen-bond acceptors (Lipinski definition) is 5. The standard InChI is InChI=1S/C24H40N4O.C11H21NO2/c25-21(26)17-9-12-23-10-4-11-24(23,13-17)28(20(14-23)22(27)29)15-18-7-3-6-16-5-1-2-8-19(16)18;1-11(2,3)14-10(13)12-9-7-5-4-6-8-9/h16-20H,1-15H2,(H3,25,26)(H2,27,29);9H,4-8H2,1-3H3,(H,12,13). The summed E-state index contributed by atoms with van der Waals surface area (Å²) in [5, 5.41) is 11.0. The van der Waals surface area contributed by atoms with Crippen LogP contribution in [0.4, 0.5) is 4.79 Å². The average Bonchev–Trinajstić information content (AvgIpc) is 3.46. The van der Waals surface area contributed by atoms with Gasteiger partial charge in [0.2, 0.25) is 5.91 Å². The second-order valence-corrected chi connectivity index (χ2v) is 16.2. The highest BCUT2D eigenvalue weighted by molar-refractivity contribution is 5.82. The maximum Gasteiger partial charge on any atom is 0.407 e. The zero-order valence-corrected chi connectivity index (χ0v) is 27.4. The van der Waals surface area contributed by atoms with Crippen LogP contribution in [0.2, 0.25) is 0 Å². The van der Waals surface area contributed by atoms with Gasteiger partial charge in [-0.2, -0.15) is 0 Å². The molecule has 0 bridgehead atoms. The highest BCUT2D eigenvalue weighted by Crippen LogP contribution is 2.66. The lowest BCUT2D eigenvalue weighted by Gasteiger charge is -2.53. The van der Waals surface area contributed by atoms with Gasteiger partial charge in [-0.25, -0.2) is 4.79 Å². The smallest absolute Gasteiger partial charge is 0.407 e. The minimum Gasteiger partial charge on any atom is -0.444 e. The van der Waals surface area contributed by atoms with Crippen molar-refractivity contribution >= 4 is 17.8 Å². The molecule has 0 radical (unpaired) electrons. The molecule has 244 valence electrons. The predicted molar refractivity (Wildman–Crippen MR) is 172 cm³/mol. The first-order valence-electron chi connectivity index (χ1n) is 17.8. The lowest BCUT2D eigenvalue weighted by Crippen LogP contribution is -2.59. The summed E-state index contributed by atoms with van der Waals surface area (Å²) in [6.45, 7) is 6.70. The Balaban J connectivity index is 0.000000222. The van der Waals surface area contributed by atoms with Crippen molar-refractivity contribution < 1.29 is 14.3 Å². The van der Waals surface area contributed by atoms with E-state index >= 15 is 0 Å². The average molecular weight is 600 g/mol. The third-order valence-electron chi connectivity index (χ3n) is 12.5. The van der Waals surface area contributed by atoms with Crippen molar-refractivity contribution in [3.63, 3.8) is 0 Å². The molecule has 1 aliphatic heterocycles. The molecule has 6 aliphatic rings. The summed E-state index contributed by atoms with van der Waals surface area (Å²) < 4.78 is 5.19. The number of amides is 2. The van der Waals surface area contributed by atoms with Gasteiger partial charge in [0.05, 0.1) is 11.9 Å². The maximum atomic E-state index is 12.6. The summed E-state index contributed by atoms with van der Waals surface area (Å²) in [6.07, 6.45) is 23.1. The predicted octanol–water partition coefficient (Wildman–Crippen LogP) is 6.64. The van der Waals surface area contributed by atoms with Crippen LogP contribution in [0.15, 0.2) is 0 Å². The van der Waals surface area contributed by atoms with Crippen LogP contribution < -0.4 is 16.8 Å². The fourth-order valence-corrected chi connectivity index (χ4v) is 10.7. The van der Waals surface area contributed by atoms with E-state index in [4.69, 9.17) is 21.6 Å². The lowest BCUT2D eigenvalue weighted by atomic mass is 9.60. The van der Waals surface area contributed by atoms with Crippen LogP contribution >= 0.6 is 0 Å². The van der Waals surface area contributed by atoms with Gasteiger partial charge < -0.3 is 21.5 Å². The summed E-state index contributed by atoms with van der Waals surface area (Å²) >= 11 is 0. The van der Waals surface area contributed by atoms with Crippen molar-refractivity contribution in [2.24, 2.45) is 40.6 Å². The van der Waals surface area contributed by atoms with Gasteiger partial charge in [0.15, 0.2) is 0 Å². The Bertz CT molecular complexity index is 1000. The first-order valence-corrected chi connectivity index (χ1v) is 17.8. The normalized spacial score (nSPS) is 38.1. The van der Waals surface area contributed by atoms with E-state index in [1.807, 2.05) is 20.8 Å². The maximum absolute atomic E-state index is 12.6. The molecule has 0 aromatic carbocycles.